The second kappa shape index (κ2) is 5.41. The minimum atomic E-state index is -0.223. The molecule has 1 atom stereocenters. The molecule has 0 bridgehead atoms. The van der Waals surface area contributed by atoms with Gasteiger partial charge in [-0.2, -0.15) is 0 Å². The van der Waals surface area contributed by atoms with Crippen LogP contribution in [-0.4, -0.2) is 12.5 Å². The number of benzene rings is 2. The SMILES string of the molecule is CCC1(c2ccccc2)CN=C(N)N1c1ccc(Cl)cc1. The van der Waals surface area contributed by atoms with E-state index in [1.807, 2.05) is 30.3 Å². The van der Waals surface area contributed by atoms with Gasteiger partial charge in [0.05, 0.1) is 12.1 Å². The Labute approximate surface area is 130 Å². The van der Waals surface area contributed by atoms with Crippen LogP contribution in [0.3, 0.4) is 0 Å². The number of guanidine groups is 1. The smallest absolute Gasteiger partial charge is 0.196 e. The van der Waals surface area contributed by atoms with Crippen LogP contribution in [-0.2, 0) is 5.54 Å². The van der Waals surface area contributed by atoms with Crippen LogP contribution in [0, 0.1) is 0 Å². The zero-order valence-corrected chi connectivity index (χ0v) is 12.7. The molecule has 2 aromatic carbocycles. The molecule has 0 spiro atoms. The normalized spacial score (nSPS) is 21.4. The summed E-state index contributed by atoms with van der Waals surface area (Å²) >= 11 is 6.00. The first-order chi connectivity index (χ1) is 10.2. The number of nitrogens with two attached hydrogens (primary N) is 1. The molecule has 4 heteroatoms. The molecule has 0 fully saturated rings. The second-order valence-corrected chi connectivity index (χ2v) is 5.67. The standard InChI is InChI=1S/C17H18ClN3/c1-2-17(13-6-4-3-5-7-13)12-20-16(19)21(17)15-10-8-14(18)9-11-15/h3-11H,2,12H2,1H3,(H2,19,20). The van der Waals surface area contributed by atoms with Gasteiger partial charge in [-0.05, 0) is 36.2 Å². The van der Waals surface area contributed by atoms with E-state index in [1.165, 1.54) is 5.56 Å². The largest absolute Gasteiger partial charge is 0.369 e. The molecule has 0 saturated carbocycles. The van der Waals surface area contributed by atoms with E-state index in [0.29, 0.717) is 12.5 Å². The Hall–Kier alpha value is -2.00. The van der Waals surface area contributed by atoms with Gasteiger partial charge < -0.3 is 10.6 Å². The number of anilines is 1. The van der Waals surface area contributed by atoms with E-state index in [4.69, 9.17) is 17.3 Å². The summed E-state index contributed by atoms with van der Waals surface area (Å²) in [6.45, 7) is 2.84. The average molecular weight is 300 g/mol. The number of halogens is 1. The van der Waals surface area contributed by atoms with Gasteiger partial charge in [0, 0.05) is 10.7 Å². The monoisotopic (exact) mass is 299 g/mol. The maximum absolute atomic E-state index is 6.18. The van der Waals surface area contributed by atoms with Gasteiger partial charge in [-0.25, -0.2) is 0 Å². The van der Waals surface area contributed by atoms with E-state index in [2.05, 4.69) is 41.1 Å². The molecule has 2 N–H and O–H groups in total. The Morgan fingerprint density at radius 1 is 1.14 bits per heavy atom. The van der Waals surface area contributed by atoms with Gasteiger partial charge in [0.2, 0.25) is 0 Å². The number of hydrogen-bond donors (Lipinski definition) is 1. The van der Waals surface area contributed by atoms with Crippen LogP contribution >= 0.6 is 11.6 Å². The molecule has 0 aromatic heterocycles. The van der Waals surface area contributed by atoms with Crippen molar-refractivity contribution >= 4 is 23.2 Å². The molecule has 108 valence electrons. The fraction of sp³-hybridized carbons (Fsp3) is 0.235. The third kappa shape index (κ3) is 2.28. The van der Waals surface area contributed by atoms with Gasteiger partial charge in [-0.15, -0.1) is 0 Å². The summed E-state index contributed by atoms with van der Waals surface area (Å²) in [5.74, 6) is 0.558. The summed E-state index contributed by atoms with van der Waals surface area (Å²) < 4.78 is 0. The van der Waals surface area contributed by atoms with Crippen LogP contribution in [0.25, 0.3) is 0 Å². The van der Waals surface area contributed by atoms with E-state index >= 15 is 0 Å². The zero-order chi connectivity index (χ0) is 14.9. The summed E-state index contributed by atoms with van der Waals surface area (Å²) in [7, 11) is 0. The molecule has 3 nitrogen and oxygen atoms in total. The fourth-order valence-corrected chi connectivity index (χ4v) is 3.11. The predicted molar refractivity (Wildman–Crippen MR) is 88.8 cm³/mol. The Balaban J connectivity index is 2.10. The molecular weight excluding hydrogens is 282 g/mol. The molecule has 2 aromatic rings. The summed E-state index contributed by atoms with van der Waals surface area (Å²) in [6.07, 6.45) is 0.920. The summed E-state index contributed by atoms with van der Waals surface area (Å²) in [4.78, 5) is 6.63. The Bertz CT molecular complexity index is 651. The van der Waals surface area contributed by atoms with Gasteiger partial charge in [-0.1, -0.05) is 48.9 Å². The van der Waals surface area contributed by atoms with E-state index < -0.39 is 0 Å². The third-order valence-electron chi connectivity index (χ3n) is 4.14. The molecule has 1 aliphatic rings. The first kappa shape index (κ1) is 14.0. The van der Waals surface area contributed by atoms with Crippen molar-refractivity contribution in [3.8, 4) is 0 Å². The molecule has 0 saturated heterocycles. The number of aliphatic imine (C=N–C) groups is 1. The fourth-order valence-electron chi connectivity index (χ4n) is 2.98. The van der Waals surface area contributed by atoms with Crippen molar-refractivity contribution in [3.63, 3.8) is 0 Å². The third-order valence-corrected chi connectivity index (χ3v) is 4.39. The van der Waals surface area contributed by atoms with Crippen LogP contribution in [0.1, 0.15) is 18.9 Å². The van der Waals surface area contributed by atoms with Gasteiger partial charge in [0.1, 0.15) is 0 Å². The Morgan fingerprint density at radius 2 is 1.81 bits per heavy atom. The predicted octanol–water partition coefficient (Wildman–Crippen LogP) is 3.78. The van der Waals surface area contributed by atoms with Gasteiger partial charge >= 0.3 is 0 Å². The maximum atomic E-state index is 6.18. The van der Waals surface area contributed by atoms with E-state index in [9.17, 15) is 0 Å². The number of nitrogens with zero attached hydrogens (tertiary/aromatic N) is 2. The number of rotatable bonds is 3. The summed E-state index contributed by atoms with van der Waals surface area (Å²) in [6, 6.07) is 18.2. The van der Waals surface area contributed by atoms with Crippen molar-refractivity contribution < 1.29 is 0 Å². The van der Waals surface area contributed by atoms with Crippen LogP contribution < -0.4 is 10.6 Å². The lowest BCUT2D eigenvalue weighted by Gasteiger charge is -2.39. The van der Waals surface area contributed by atoms with Gasteiger partial charge in [0.15, 0.2) is 5.96 Å². The van der Waals surface area contributed by atoms with Crippen molar-refractivity contribution in [2.45, 2.75) is 18.9 Å². The van der Waals surface area contributed by atoms with E-state index in [-0.39, 0.29) is 5.54 Å². The summed E-state index contributed by atoms with van der Waals surface area (Å²) in [5.41, 5.74) is 8.20. The van der Waals surface area contributed by atoms with E-state index in [1.54, 1.807) is 0 Å². The lowest BCUT2D eigenvalue weighted by Crippen LogP contribution is -2.49. The molecular formula is C17H18ClN3. The Kier molecular flexibility index (Phi) is 3.60. The first-order valence-corrected chi connectivity index (χ1v) is 7.46. The molecule has 0 radical (unpaired) electrons. The van der Waals surface area contributed by atoms with E-state index in [0.717, 1.165) is 17.1 Å². The first-order valence-electron chi connectivity index (χ1n) is 7.08. The van der Waals surface area contributed by atoms with Crippen LogP contribution in [0.5, 0.6) is 0 Å². The lowest BCUT2D eigenvalue weighted by molar-refractivity contribution is 0.462. The highest BCUT2D eigenvalue weighted by molar-refractivity contribution is 6.30. The Morgan fingerprint density at radius 3 is 2.43 bits per heavy atom. The van der Waals surface area contributed by atoms with Crippen molar-refractivity contribution in [1.82, 2.24) is 0 Å². The van der Waals surface area contributed by atoms with Crippen molar-refractivity contribution in [1.29, 1.82) is 0 Å². The number of hydrogen-bond acceptors (Lipinski definition) is 3. The molecule has 21 heavy (non-hydrogen) atoms. The van der Waals surface area contributed by atoms with Crippen LogP contribution in [0.4, 0.5) is 5.69 Å². The highest BCUT2D eigenvalue weighted by Gasteiger charge is 2.43. The molecule has 1 heterocycles. The van der Waals surface area contributed by atoms with Crippen molar-refractivity contribution in [3.05, 3.63) is 65.2 Å². The molecule has 1 unspecified atom stereocenters. The highest BCUT2D eigenvalue weighted by atomic mass is 35.5. The lowest BCUT2D eigenvalue weighted by atomic mass is 9.86. The quantitative estimate of drug-likeness (QED) is 0.937. The average Bonchev–Trinajstić information content (AvgIpc) is 2.87. The van der Waals surface area contributed by atoms with Crippen LogP contribution in [0.15, 0.2) is 59.6 Å². The second-order valence-electron chi connectivity index (χ2n) is 5.24. The minimum Gasteiger partial charge on any atom is -0.369 e. The van der Waals surface area contributed by atoms with Crippen molar-refractivity contribution in [2.75, 3.05) is 11.4 Å². The maximum Gasteiger partial charge on any atom is 0.196 e. The van der Waals surface area contributed by atoms with Gasteiger partial charge in [-0.3, -0.25) is 4.99 Å². The topological polar surface area (TPSA) is 41.6 Å². The van der Waals surface area contributed by atoms with Crippen molar-refractivity contribution in [2.24, 2.45) is 10.7 Å². The zero-order valence-electron chi connectivity index (χ0n) is 12.0. The molecule has 1 aliphatic heterocycles. The molecule has 3 rings (SSSR count). The molecule has 0 amide bonds. The summed E-state index contributed by atoms with van der Waals surface area (Å²) in [5, 5.41) is 0.718. The highest BCUT2D eigenvalue weighted by Crippen LogP contribution is 2.39. The van der Waals surface area contributed by atoms with Crippen LogP contribution in [0.2, 0.25) is 5.02 Å². The minimum absolute atomic E-state index is 0.223. The molecule has 0 aliphatic carbocycles. The van der Waals surface area contributed by atoms with Gasteiger partial charge in [0.25, 0.3) is 0 Å².